The van der Waals surface area contributed by atoms with Crippen LogP contribution in [0.5, 0.6) is 0 Å². The molecule has 8 heteroatoms. The molecule has 0 aliphatic carbocycles. The van der Waals surface area contributed by atoms with Crippen molar-refractivity contribution in [3.63, 3.8) is 0 Å². The van der Waals surface area contributed by atoms with Crippen molar-refractivity contribution in [3.8, 4) is 0 Å². The lowest BCUT2D eigenvalue weighted by molar-refractivity contribution is -0.130. The molecule has 0 unspecified atom stereocenters. The van der Waals surface area contributed by atoms with Gasteiger partial charge in [0, 0.05) is 42.8 Å². The minimum absolute atomic E-state index is 0. The van der Waals surface area contributed by atoms with Crippen LogP contribution in [0, 0.1) is 0 Å². The van der Waals surface area contributed by atoms with Gasteiger partial charge in [-0.3, -0.25) is 4.79 Å². The number of carbonyl (C=O) groups is 2. The Morgan fingerprint density at radius 1 is 1.17 bits per heavy atom. The zero-order chi connectivity index (χ0) is 15.8. The minimum Gasteiger partial charge on any atom is -0.341 e. The van der Waals surface area contributed by atoms with Gasteiger partial charge in [-0.05, 0) is 37.2 Å². The van der Waals surface area contributed by atoms with Crippen molar-refractivity contribution in [1.82, 2.24) is 15.5 Å². The van der Waals surface area contributed by atoms with Gasteiger partial charge in [0.15, 0.2) is 0 Å². The molecule has 6 nitrogen and oxygen atoms in total. The quantitative estimate of drug-likeness (QED) is 0.719. The van der Waals surface area contributed by atoms with Crippen molar-refractivity contribution in [2.24, 2.45) is 0 Å². The zero-order valence-corrected chi connectivity index (χ0v) is 15.2. The van der Waals surface area contributed by atoms with E-state index in [1.54, 1.807) is 12.1 Å². The molecule has 3 amide bonds. The molecule has 128 valence electrons. The monoisotopic (exact) mass is 404 g/mol. The van der Waals surface area contributed by atoms with Crippen molar-refractivity contribution in [1.29, 1.82) is 0 Å². The number of nitrogens with one attached hydrogen (secondary N) is 3. The molecule has 3 N–H and O–H groups in total. The maximum Gasteiger partial charge on any atom is 0.319 e. The van der Waals surface area contributed by atoms with Crippen LogP contribution in [0.25, 0.3) is 0 Å². The van der Waals surface area contributed by atoms with E-state index < -0.39 is 0 Å². The Hall–Kier alpha value is -1.31. The van der Waals surface area contributed by atoms with Crippen LogP contribution in [0.4, 0.5) is 10.5 Å². The summed E-state index contributed by atoms with van der Waals surface area (Å²) in [6, 6.07) is 7.02. The molecule has 23 heavy (non-hydrogen) atoms. The molecule has 0 saturated carbocycles. The molecule has 0 atom stereocenters. The van der Waals surface area contributed by atoms with Crippen molar-refractivity contribution in [2.45, 2.75) is 12.8 Å². The fraction of sp³-hybridized carbons (Fsp3) is 0.467. The van der Waals surface area contributed by atoms with Crippen LogP contribution in [0.3, 0.4) is 0 Å². The van der Waals surface area contributed by atoms with E-state index in [-0.39, 0.29) is 24.3 Å². The summed E-state index contributed by atoms with van der Waals surface area (Å²) in [6.07, 6.45) is 1.30. The fourth-order valence-electron chi connectivity index (χ4n) is 2.24. The summed E-state index contributed by atoms with van der Waals surface area (Å²) in [7, 11) is 0. The fourth-order valence-corrected chi connectivity index (χ4v) is 2.51. The van der Waals surface area contributed by atoms with E-state index in [1.807, 2.05) is 17.0 Å². The van der Waals surface area contributed by atoms with Crippen LogP contribution in [-0.2, 0) is 4.79 Å². The Balaban J connectivity index is 0.00000264. The third-order valence-corrected chi connectivity index (χ3v) is 3.95. The Morgan fingerprint density at radius 2 is 1.91 bits per heavy atom. The van der Waals surface area contributed by atoms with Gasteiger partial charge >= 0.3 is 6.03 Å². The van der Waals surface area contributed by atoms with E-state index in [0.717, 1.165) is 37.1 Å². The number of hydrogen-bond acceptors (Lipinski definition) is 3. The SMILES string of the molecule is Cl.O=C(NCCC(=O)N1CCCNCC1)Nc1ccc(Br)cc1. The number of amides is 3. The van der Waals surface area contributed by atoms with Crippen LogP contribution in [0.2, 0.25) is 0 Å². The Kier molecular flexibility index (Phi) is 8.98. The van der Waals surface area contributed by atoms with Crippen LogP contribution < -0.4 is 16.0 Å². The molecule has 1 aliphatic heterocycles. The molecular formula is C15H22BrClN4O2. The first-order chi connectivity index (χ1) is 10.6. The number of hydrogen-bond donors (Lipinski definition) is 3. The van der Waals surface area contributed by atoms with Crippen LogP contribution in [0.15, 0.2) is 28.7 Å². The van der Waals surface area contributed by atoms with Crippen LogP contribution >= 0.6 is 28.3 Å². The normalized spacial score (nSPS) is 14.4. The second kappa shape index (κ2) is 10.5. The average molecular weight is 406 g/mol. The third kappa shape index (κ3) is 7.20. The molecule has 0 radical (unpaired) electrons. The Bertz CT molecular complexity index is 505. The average Bonchev–Trinajstić information content (AvgIpc) is 2.79. The van der Waals surface area contributed by atoms with E-state index in [0.29, 0.717) is 18.7 Å². The van der Waals surface area contributed by atoms with E-state index >= 15 is 0 Å². The van der Waals surface area contributed by atoms with Gasteiger partial charge in [0.25, 0.3) is 0 Å². The topological polar surface area (TPSA) is 73.5 Å². The van der Waals surface area contributed by atoms with Gasteiger partial charge in [-0.25, -0.2) is 4.79 Å². The summed E-state index contributed by atoms with van der Waals surface area (Å²) in [5.74, 6) is 0.0904. The summed E-state index contributed by atoms with van der Waals surface area (Å²) in [4.78, 5) is 25.6. The molecule has 0 spiro atoms. The number of rotatable bonds is 4. The lowest BCUT2D eigenvalue weighted by Crippen LogP contribution is -2.37. The van der Waals surface area contributed by atoms with Gasteiger partial charge in [0.2, 0.25) is 5.91 Å². The Morgan fingerprint density at radius 3 is 2.65 bits per heavy atom. The van der Waals surface area contributed by atoms with Crippen molar-refractivity contribution in [3.05, 3.63) is 28.7 Å². The molecule has 2 rings (SSSR count). The van der Waals surface area contributed by atoms with E-state index in [9.17, 15) is 9.59 Å². The summed E-state index contributed by atoms with van der Waals surface area (Å²) in [6.45, 7) is 3.66. The largest absolute Gasteiger partial charge is 0.341 e. The first kappa shape index (κ1) is 19.7. The summed E-state index contributed by atoms with van der Waals surface area (Å²) in [5, 5.41) is 8.69. The number of nitrogens with zero attached hydrogens (tertiary/aromatic N) is 1. The summed E-state index contributed by atoms with van der Waals surface area (Å²) in [5.41, 5.74) is 0.714. The molecular weight excluding hydrogens is 384 g/mol. The smallest absolute Gasteiger partial charge is 0.319 e. The lowest BCUT2D eigenvalue weighted by atomic mass is 10.3. The first-order valence-corrected chi connectivity index (χ1v) is 8.23. The van der Waals surface area contributed by atoms with Crippen LogP contribution in [-0.4, -0.2) is 49.6 Å². The summed E-state index contributed by atoms with van der Waals surface area (Å²) < 4.78 is 0.955. The molecule has 1 aromatic rings. The van der Waals surface area contributed by atoms with E-state index in [4.69, 9.17) is 0 Å². The molecule has 1 heterocycles. The molecule has 0 bridgehead atoms. The Labute approximate surface area is 150 Å². The zero-order valence-electron chi connectivity index (χ0n) is 12.8. The van der Waals surface area contributed by atoms with Gasteiger partial charge in [-0.15, -0.1) is 12.4 Å². The minimum atomic E-state index is -0.298. The second-order valence-electron chi connectivity index (χ2n) is 5.12. The highest BCUT2D eigenvalue weighted by molar-refractivity contribution is 9.10. The standard InChI is InChI=1S/C15H21BrN4O2.ClH/c16-12-2-4-13(5-3-12)19-15(22)18-8-6-14(21)20-10-1-7-17-9-11-20;/h2-5,17H,1,6-11H2,(H2,18,19,22);1H. The molecule has 1 saturated heterocycles. The number of halogens is 2. The highest BCUT2D eigenvalue weighted by Crippen LogP contribution is 2.13. The summed E-state index contributed by atoms with van der Waals surface area (Å²) >= 11 is 3.34. The number of carbonyl (C=O) groups excluding carboxylic acids is 2. The highest BCUT2D eigenvalue weighted by Gasteiger charge is 2.14. The van der Waals surface area contributed by atoms with Gasteiger partial charge in [-0.1, -0.05) is 15.9 Å². The van der Waals surface area contributed by atoms with Gasteiger partial charge in [0.05, 0.1) is 0 Å². The van der Waals surface area contributed by atoms with Crippen molar-refractivity contribution in [2.75, 3.05) is 38.0 Å². The molecule has 1 aliphatic rings. The number of urea groups is 1. The lowest BCUT2D eigenvalue weighted by Gasteiger charge is -2.20. The maximum atomic E-state index is 12.0. The van der Waals surface area contributed by atoms with Crippen molar-refractivity contribution >= 4 is 46.0 Å². The van der Waals surface area contributed by atoms with Gasteiger partial charge in [-0.2, -0.15) is 0 Å². The molecule has 1 aromatic carbocycles. The van der Waals surface area contributed by atoms with Crippen molar-refractivity contribution < 1.29 is 9.59 Å². The molecule has 0 aromatic heterocycles. The maximum absolute atomic E-state index is 12.0. The van der Waals surface area contributed by atoms with E-state index in [2.05, 4.69) is 31.9 Å². The second-order valence-corrected chi connectivity index (χ2v) is 6.04. The first-order valence-electron chi connectivity index (χ1n) is 7.44. The molecule has 1 fully saturated rings. The number of benzene rings is 1. The van der Waals surface area contributed by atoms with Crippen LogP contribution in [0.1, 0.15) is 12.8 Å². The predicted molar refractivity (Wildman–Crippen MR) is 97.1 cm³/mol. The number of anilines is 1. The van der Waals surface area contributed by atoms with Gasteiger partial charge < -0.3 is 20.9 Å². The highest BCUT2D eigenvalue weighted by atomic mass is 79.9. The van der Waals surface area contributed by atoms with Gasteiger partial charge in [0.1, 0.15) is 0 Å². The third-order valence-electron chi connectivity index (χ3n) is 3.42. The predicted octanol–water partition coefficient (Wildman–Crippen LogP) is 2.20. The van der Waals surface area contributed by atoms with E-state index in [1.165, 1.54) is 0 Å².